The lowest BCUT2D eigenvalue weighted by atomic mass is 10.1. The SMILES string of the molecule is Cc1ccc(S(=O)(=O)N[C@@H](C(=O)OCc2nnc(-c3ccc(Cl)cc3)o2)C(C)C)cc1. The molecule has 0 aliphatic carbocycles. The first-order chi connectivity index (χ1) is 14.7. The molecule has 3 rings (SSSR count). The number of rotatable bonds is 8. The summed E-state index contributed by atoms with van der Waals surface area (Å²) in [5, 5.41) is 8.35. The standard InChI is InChI=1S/C21H22ClN3O5S/c1-13(2)19(25-31(27,28)17-10-4-14(3)5-11-17)21(26)29-12-18-23-24-20(30-18)15-6-8-16(22)9-7-15/h4-11,13,19,25H,12H2,1-3H3/t19-/m1/s1. The zero-order valence-corrected chi connectivity index (χ0v) is 18.8. The first kappa shape index (κ1) is 22.9. The molecule has 0 saturated carbocycles. The summed E-state index contributed by atoms with van der Waals surface area (Å²) in [6.07, 6.45) is 0. The van der Waals surface area contributed by atoms with Crippen molar-refractivity contribution in [3.05, 3.63) is 65.0 Å². The van der Waals surface area contributed by atoms with Crippen molar-refractivity contribution in [2.24, 2.45) is 5.92 Å². The zero-order chi connectivity index (χ0) is 22.6. The number of benzene rings is 2. The van der Waals surface area contributed by atoms with E-state index in [4.69, 9.17) is 20.8 Å². The quantitative estimate of drug-likeness (QED) is 0.506. The van der Waals surface area contributed by atoms with E-state index in [-0.39, 0.29) is 29.2 Å². The topological polar surface area (TPSA) is 111 Å². The smallest absolute Gasteiger partial charge is 0.324 e. The summed E-state index contributed by atoms with van der Waals surface area (Å²) >= 11 is 5.86. The Balaban J connectivity index is 1.66. The van der Waals surface area contributed by atoms with Gasteiger partial charge >= 0.3 is 5.97 Å². The van der Waals surface area contributed by atoms with E-state index in [1.54, 1.807) is 50.2 Å². The fraction of sp³-hybridized carbons (Fsp3) is 0.286. The lowest BCUT2D eigenvalue weighted by Gasteiger charge is -2.20. The minimum atomic E-state index is -3.90. The van der Waals surface area contributed by atoms with Gasteiger partial charge in [0.2, 0.25) is 15.9 Å². The summed E-state index contributed by atoms with van der Waals surface area (Å²) in [7, 11) is -3.90. The number of sulfonamides is 1. The molecule has 0 radical (unpaired) electrons. The van der Waals surface area contributed by atoms with Crippen molar-refractivity contribution in [2.75, 3.05) is 0 Å². The van der Waals surface area contributed by atoms with Crippen LogP contribution in [0.2, 0.25) is 5.02 Å². The van der Waals surface area contributed by atoms with Crippen LogP contribution in [0.15, 0.2) is 57.8 Å². The molecule has 1 N–H and O–H groups in total. The Bertz CT molecular complexity index is 1140. The van der Waals surface area contributed by atoms with Gasteiger partial charge in [-0.15, -0.1) is 10.2 Å². The predicted molar refractivity (Wildman–Crippen MR) is 115 cm³/mol. The second-order valence-corrected chi connectivity index (χ2v) is 9.42. The minimum Gasteiger partial charge on any atom is -0.454 e. The summed E-state index contributed by atoms with van der Waals surface area (Å²) in [6.45, 7) is 5.01. The minimum absolute atomic E-state index is 0.0704. The maximum atomic E-state index is 12.7. The number of hydrogen-bond donors (Lipinski definition) is 1. The highest BCUT2D eigenvalue weighted by Crippen LogP contribution is 2.21. The Labute approximate surface area is 185 Å². The van der Waals surface area contributed by atoms with Gasteiger partial charge in [0.1, 0.15) is 6.04 Å². The van der Waals surface area contributed by atoms with Crippen molar-refractivity contribution in [2.45, 2.75) is 38.3 Å². The number of carbonyl (C=O) groups is 1. The molecule has 2 aromatic carbocycles. The summed E-state index contributed by atoms with van der Waals surface area (Å²) in [5.74, 6) is -0.748. The van der Waals surface area contributed by atoms with Gasteiger partial charge in [-0.2, -0.15) is 4.72 Å². The van der Waals surface area contributed by atoms with Crippen molar-refractivity contribution < 1.29 is 22.4 Å². The number of hydrogen-bond acceptors (Lipinski definition) is 7. The van der Waals surface area contributed by atoms with E-state index in [9.17, 15) is 13.2 Å². The molecule has 31 heavy (non-hydrogen) atoms. The van der Waals surface area contributed by atoms with Gasteiger partial charge in [-0.05, 0) is 49.2 Å². The van der Waals surface area contributed by atoms with Gasteiger partial charge in [0.25, 0.3) is 5.89 Å². The van der Waals surface area contributed by atoms with E-state index in [0.717, 1.165) is 5.56 Å². The van der Waals surface area contributed by atoms with E-state index in [1.165, 1.54) is 12.1 Å². The van der Waals surface area contributed by atoms with Gasteiger partial charge in [-0.25, -0.2) is 8.42 Å². The summed E-state index contributed by atoms with van der Waals surface area (Å²) in [4.78, 5) is 12.7. The van der Waals surface area contributed by atoms with E-state index < -0.39 is 22.0 Å². The third-order valence-corrected chi connectivity index (χ3v) is 6.14. The average Bonchev–Trinajstić information content (AvgIpc) is 3.20. The molecule has 0 unspecified atom stereocenters. The van der Waals surface area contributed by atoms with Crippen molar-refractivity contribution in [3.8, 4) is 11.5 Å². The number of ether oxygens (including phenoxy) is 1. The summed E-state index contributed by atoms with van der Waals surface area (Å²) in [6, 6.07) is 12.1. The Kier molecular flexibility index (Phi) is 7.09. The third-order valence-electron chi connectivity index (χ3n) is 4.43. The van der Waals surface area contributed by atoms with Gasteiger partial charge < -0.3 is 9.15 Å². The molecule has 0 aliphatic rings. The third kappa shape index (κ3) is 5.90. The monoisotopic (exact) mass is 463 g/mol. The molecule has 1 aromatic heterocycles. The van der Waals surface area contributed by atoms with Crippen LogP contribution in [0.5, 0.6) is 0 Å². The van der Waals surface area contributed by atoms with Gasteiger partial charge in [0.15, 0.2) is 6.61 Å². The number of aromatic nitrogens is 2. The Morgan fingerprint density at radius 3 is 2.35 bits per heavy atom. The molecule has 3 aromatic rings. The number of halogens is 1. The van der Waals surface area contributed by atoms with Crippen LogP contribution in [0.4, 0.5) is 0 Å². The van der Waals surface area contributed by atoms with E-state index in [1.807, 2.05) is 6.92 Å². The molecule has 0 bridgehead atoms. The van der Waals surface area contributed by atoms with Crippen LogP contribution in [-0.4, -0.2) is 30.6 Å². The van der Waals surface area contributed by atoms with Crippen molar-refractivity contribution in [3.63, 3.8) is 0 Å². The lowest BCUT2D eigenvalue weighted by molar-refractivity contribution is -0.148. The molecule has 0 fully saturated rings. The van der Waals surface area contributed by atoms with Gasteiger partial charge in [0.05, 0.1) is 4.90 Å². The lowest BCUT2D eigenvalue weighted by Crippen LogP contribution is -2.45. The van der Waals surface area contributed by atoms with Crippen LogP contribution in [0, 0.1) is 12.8 Å². The molecule has 1 heterocycles. The van der Waals surface area contributed by atoms with E-state index in [2.05, 4.69) is 14.9 Å². The second kappa shape index (κ2) is 9.59. The molecule has 0 spiro atoms. The normalized spacial score (nSPS) is 12.7. The maximum Gasteiger partial charge on any atom is 0.324 e. The van der Waals surface area contributed by atoms with Crippen molar-refractivity contribution in [1.29, 1.82) is 0 Å². The Morgan fingerprint density at radius 1 is 1.10 bits per heavy atom. The number of esters is 1. The van der Waals surface area contributed by atoms with Crippen molar-refractivity contribution in [1.82, 2.24) is 14.9 Å². The zero-order valence-electron chi connectivity index (χ0n) is 17.2. The first-order valence-electron chi connectivity index (χ1n) is 9.49. The first-order valence-corrected chi connectivity index (χ1v) is 11.4. The molecular formula is C21H22ClN3O5S. The van der Waals surface area contributed by atoms with Crippen molar-refractivity contribution >= 4 is 27.6 Å². The molecule has 0 saturated heterocycles. The Hall–Kier alpha value is -2.75. The van der Waals surface area contributed by atoms with Crippen LogP contribution in [0.25, 0.3) is 11.5 Å². The fourth-order valence-corrected chi connectivity index (χ4v) is 4.11. The van der Waals surface area contributed by atoms with Crippen LogP contribution in [0.1, 0.15) is 25.3 Å². The van der Waals surface area contributed by atoms with Gasteiger partial charge in [0, 0.05) is 10.6 Å². The largest absolute Gasteiger partial charge is 0.454 e. The van der Waals surface area contributed by atoms with Gasteiger partial charge in [-0.1, -0.05) is 43.1 Å². The molecule has 0 amide bonds. The highest BCUT2D eigenvalue weighted by atomic mass is 35.5. The maximum absolute atomic E-state index is 12.7. The molecule has 10 heteroatoms. The number of nitrogens with zero attached hydrogens (tertiary/aromatic N) is 2. The molecular weight excluding hydrogens is 442 g/mol. The number of aryl methyl sites for hydroxylation is 1. The summed E-state index contributed by atoms with van der Waals surface area (Å²) in [5.41, 5.74) is 1.59. The Morgan fingerprint density at radius 2 is 1.74 bits per heavy atom. The molecule has 164 valence electrons. The molecule has 0 aliphatic heterocycles. The van der Waals surface area contributed by atoms with Crippen LogP contribution >= 0.6 is 11.6 Å². The summed E-state index contributed by atoms with van der Waals surface area (Å²) < 4.78 is 38.5. The number of nitrogens with one attached hydrogen (secondary N) is 1. The average molecular weight is 464 g/mol. The highest BCUT2D eigenvalue weighted by Gasteiger charge is 2.30. The van der Waals surface area contributed by atoms with Crippen LogP contribution in [-0.2, 0) is 26.2 Å². The van der Waals surface area contributed by atoms with Crippen LogP contribution in [0.3, 0.4) is 0 Å². The molecule has 8 nitrogen and oxygen atoms in total. The van der Waals surface area contributed by atoms with E-state index >= 15 is 0 Å². The predicted octanol–water partition coefficient (Wildman–Crippen LogP) is 3.74. The number of carbonyl (C=O) groups excluding carboxylic acids is 1. The van der Waals surface area contributed by atoms with Gasteiger partial charge in [-0.3, -0.25) is 4.79 Å². The molecule has 1 atom stereocenters. The second-order valence-electron chi connectivity index (χ2n) is 7.27. The van der Waals surface area contributed by atoms with Crippen LogP contribution < -0.4 is 4.72 Å². The highest BCUT2D eigenvalue weighted by molar-refractivity contribution is 7.89. The van der Waals surface area contributed by atoms with E-state index in [0.29, 0.717) is 10.6 Å². The fourth-order valence-electron chi connectivity index (χ4n) is 2.65.